The molecule has 0 bridgehead atoms. The Morgan fingerprint density at radius 3 is 1.65 bits per heavy atom. The molecule has 0 saturated carbocycles. The lowest BCUT2D eigenvalue weighted by atomic mass is 10.0. The summed E-state index contributed by atoms with van der Waals surface area (Å²) in [7, 11) is 0. The fourth-order valence-electron chi connectivity index (χ4n) is 6.57. The summed E-state index contributed by atoms with van der Waals surface area (Å²) >= 11 is 1.39. The summed E-state index contributed by atoms with van der Waals surface area (Å²) in [6, 6.07) is 3.31. The molecular weight excluding hydrogens is 803 g/mol. The number of likely N-dealkylation sites (tertiary alicyclic amines) is 1. The van der Waals surface area contributed by atoms with Crippen molar-refractivity contribution < 1.29 is 58.8 Å². The normalized spacial score (nSPS) is 16.0. The number of carbonyl (C=O) groups excluding carboxylic acids is 6. The van der Waals surface area contributed by atoms with E-state index < -0.39 is 84.1 Å². The van der Waals surface area contributed by atoms with E-state index in [4.69, 9.17) is 5.73 Å². The highest BCUT2D eigenvalue weighted by atomic mass is 32.2. The number of thioether (sulfide) groups is 1. The Morgan fingerprint density at radius 1 is 0.700 bits per heavy atom. The maximum absolute atomic E-state index is 14.3. The van der Waals surface area contributed by atoms with Gasteiger partial charge in [-0.25, -0.2) is 4.79 Å². The predicted octanol–water partition coefficient (Wildman–Crippen LogP) is -0.241. The summed E-state index contributed by atoms with van der Waals surface area (Å²) < 4.78 is 0. The van der Waals surface area contributed by atoms with Crippen LogP contribution in [0, 0.1) is 0 Å². The Hall–Kier alpha value is -5.89. The van der Waals surface area contributed by atoms with Crippen LogP contribution in [0.4, 0.5) is 0 Å². The van der Waals surface area contributed by atoms with Gasteiger partial charge in [0, 0.05) is 26.3 Å². The topological polar surface area (TPSA) is 307 Å². The first kappa shape index (κ1) is 48.5. The van der Waals surface area contributed by atoms with Crippen molar-refractivity contribution >= 4 is 59.1 Å². The van der Waals surface area contributed by atoms with Crippen LogP contribution in [0.2, 0.25) is 0 Å². The first-order chi connectivity index (χ1) is 28.5. The van der Waals surface area contributed by atoms with Gasteiger partial charge in [-0.15, -0.1) is 0 Å². The molecule has 0 unspecified atom stereocenters. The van der Waals surface area contributed by atoms with Crippen LogP contribution in [0.1, 0.15) is 63.0 Å². The van der Waals surface area contributed by atoms with Gasteiger partial charge < -0.3 is 57.6 Å². The van der Waals surface area contributed by atoms with Gasteiger partial charge in [-0.3, -0.25) is 33.6 Å². The smallest absolute Gasteiger partial charge is 0.326 e. The van der Waals surface area contributed by atoms with E-state index in [2.05, 4.69) is 26.6 Å². The van der Waals surface area contributed by atoms with Crippen molar-refractivity contribution in [3.05, 3.63) is 59.7 Å². The van der Waals surface area contributed by atoms with E-state index in [1.165, 1.54) is 72.1 Å². The minimum Gasteiger partial charge on any atom is -0.508 e. The zero-order chi connectivity index (χ0) is 44.4. The molecule has 6 amide bonds. The Morgan fingerprint density at radius 2 is 1.18 bits per heavy atom. The van der Waals surface area contributed by atoms with Gasteiger partial charge in [-0.2, -0.15) is 11.8 Å². The van der Waals surface area contributed by atoms with Crippen molar-refractivity contribution in [3.63, 3.8) is 0 Å². The number of hydrogen-bond acceptors (Lipinski definition) is 12. The lowest BCUT2D eigenvalue weighted by Gasteiger charge is -2.28. The number of nitrogens with one attached hydrogen (secondary N) is 5. The molecule has 19 nitrogen and oxygen atoms in total. The predicted molar refractivity (Wildman–Crippen MR) is 219 cm³/mol. The first-order valence-electron chi connectivity index (χ1n) is 19.5. The number of nitrogens with zero attached hydrogens (tertiary/aromatic N) is 1. The molecule has 2 aromatic carbocycles. The Bertz CT molecular complexity index is 1810. The molecule has 1 heterocycles. The highest BCUT2D eigenvalue weighted by Crippen LogP contribution is 2.19. The number of carbonyl (C=O) groups is 8. The number of aliphatic carboxylic acids is 2. The molecule has 0 aromatic heterocycles. The number of hydrogen-bond donors (Lipinski definition) is 10. The van der Waals surface area contributed by atoms with Crippen LogP contribution in [0.15, 0.2) is 48.5 Å². The summed E-state index contributed by atoms with van der Waals surface area (Å²) in [5.74, 6) is -7.15. The summed E-state index contributed by atoms with van der Waals surface area (Å²) in [6.07, 6.45) is 2.35. The molecule has 0 aliphatic carbocycles. The minimum atomic E-state index is -1.69. The number of nitrogens with two attached hydrogens (primary N) is 1. The van der Waals surface area contributed by atoms with E-state index >= 15 is 0 Å². The largest absolute Gasteiger partial charge is 0.508 e. The molecule has 1 saturated heterocycles. The van der Waals surface area contributed by atoms with Gasteiger partial charge in [0.1, 0.15) is 47.8 Å². The summed E-state index contributed by atoms with van der Waals surface area (Å²) in [5, 5.41) is 51.8. The van der Waals surface area contributed by atoms with Gasteiger partial charge in [0.15, 0.2) is 0 Å². The first-order valence-corrected chi connectivity index (χ1v) is 20.9. The van der Waals surface area contributed by atoms with Crippen molar-refractivity contribution in [1.29, 1.82) is 0 Å². The summed E-state index contributed by atoms with van der Waals surface area (Å²) in [6.45, 7) is 1.88. The minimum absolute atomic E-state index is 0.0727. The lowest BCUT2D eigenvalue weighted by Crippen LogP contribution is -2.60. The lowest BCUT2D eigenvalue weighted by molar-refractivity contribution is -0.143. The highest BCUT2D eigenvalue weighted by molar-refractivity contribution is 7.98. The standard InChI is InChI=1S/C40H55N7O12S/c1-23(48)47-18-5-7-33(47)39(57)46-32(22-34(51)52)38(56)45-31(21-25-10-14-27(50)15-11-25)37(55)44-30(20-24-8-12-26(49)13-9-24)36(54)42-28(6-3-4-17-41)35(53)43-29(40(58)59)16-19-60-2/h8-15,28-33,49-50H,3-7,16-22,41H2,1-2H3,(H,42,54)(H,43,53)(H,44,55)(H,45,56)(H,46,57)(H,51,52)(H,58,59)/t28-,29-,30-,31-,32-,33-/m0/s1. The zero-order valence-electron chi connectivity index (χ0n) is 33.6. The number of rotatable bonds is 24. The second-order valence-electron chi connectivity index (χ2n) is 14.4. The molecule has 11 N–H and O–H groups in total. The molecule has 6 atom stereocenters. The zero-order valence-corrected chi connectivity index (χ0v) is 34.4. The highest BCUT2D eigenvalue weighted by Gasteiger charge is 2.37. The number of unbranched alkanes of at least 4 members (excludes halogenated alkanes) is 1. The Labute approximate surface area is 351 Å². The molecule has 1 fully saturated rings. The van der Waals surface area contributed by atoms with Crippen LogP contribution in [0.5, 0.6) is 11.5 Å². The SMILES string of the molecule is CSCC[C@H](NC(=O)[C@H](CCCCN)NC(=O)[C@H](Cc1ccc(O)cc1)NC(=O)[C@H](Cc1ccc(O)cc1)NC(=O)[C@H](CC(=O)O)NC(=O)[C@@H]1CCCN1C(C)=O)C(=O)O. The number of benzene rings is 2. The Balaban J connectivity index is 1.95. The third kappa shape index (κ3) is 15.7. The van der Waals surface area contributed by atoms with E-state index in [1.54, 1.807) is 6.26 Å². The maximum atomic E-state index is 14.3. The van der Waals surface area contributed by atoms with Crippen molar-refractivity contribution in [1.82, 2.24) is 31.5 Å². The number of carboxylic acid groups (broad SMARTS) is 2. The molecule has 3 rings (SSSR count). The molecular formula is C40H55N7O12S. The fraction of sp³-hybridized carbons (Fsp3) is 0.500. The molecule has 2 aromatic rings. The second-order valence-corrected chi connectivity index (χ2v) is 15.4. The molecule has 1 aliphatic heterocycles. The third-order valence-electron chi connectivity index (χ3n) is 9.80. The van der Waals surface area contributed by atoms with Crippen LogP contribution in [-0.2, 0) is 51.2 Å². The summed E-state index contributed by atoms with van der Waals surface area (Å²) in [4.78, 5) is 106. The van der Waals surface area contributed by atoms with Gasteiger partial charge >= 0.3 is 11.9 Å². The van der Waals surface area contributed by atoms with Gasteiger partial charge in [0.25, 0.3) is 0 Å². The quantitative estimate of drug-likeness (QED) is 0.0610. The van der Waals surface area contributed by atoms with Crippen LogP contribution in [-0.4, -0.2) is 134 Å². The van der Waals surface area contributed by atoms with Crippen LogP contribution >= 0.6 is 11.8 Å². The van der Waals surface area contributed by atoms with Gasteiger partial charge in [0.05, 0.1) is 6.42 Å². The molecule has 0 radical (unpaired) electrons. The molecule has 1 aliphatic rings. The summed E-state index contributed by atoms with van der Waals surface area (Å²) in [5.41, 5.74) is 6.56. The second kappa shape index (κ2) is 24.3. The molecule has 20 heteroatoms. The maximum Gasteiger partial charge on any atom is 0.326 e. The number of amides is 6. The average Bonchev–Trinajstić information content (AvgIpc) is 3.70. The number of carboxylic acids is 2. The van der Waals surface area contributed by atoms with Crippen molar-refractivity contribution in [3.8, 4) is 11.5 Å². The fourth-order valence-corrected chi connectivity index (χ4v) is 7.04. The number of phenolic OH excluding ortho intramolecular Hbond substituents is 2. The molecule has 328 valence electrons. The average molecular weight is 858 g/mol. The van der Waals surface area contributed by atoms with Crippen molar-refractivity contribution in [2.24, 2.45) is 5.73 Å². The Kier molecular flexibility index (Phi) is 19.6. The van der Waals surface area contributed by atoms with E-state index in [0.717, 1.165) is 0 Å². The van der Waals surface area contributed by atoms with Crippen molar-refractivity contribution in [2.75, 3.05) is 25.1 Å². The monoisotopic (exact) mass is 857 g/mol. The van der Waals surface area contributed by atoms with E-state index in [0.29, 0.717) is 42.7 Å². The van der Waals surface area contributed by atoms with Crippen molar-refractivity contribution in [2.45, 2.75) is 101 Å². The van der Waals surface area contributed by atoms with E-state index in [1.807, 2.05) is 0 Å². The number of aromatic hydroxyl groups is 2. The van der Waals surface area contributed by atoms with Crippen LogP contribution in [0.3, 0.4) is 0 Å². The van der Waals surface area contributed by atoms with Gasteiger partial charge in [-0.1, -0.05) is 24.3 Å². The van der Waals surface area contributed by atoms with Gasteiger partial charge in [-0.05, 0) is 92.5 Å². The van der Waals surface area contributed by atoms with Gasteiger partial charge in [0.2, 0.25) is 35.4 Å². The third-order valence-corrected chi connectivity index (χ3v) is 10.4. The van der Waals surface area contributed by atoms with Crippen LogP contribution < -0.4 is 32.3 Å². The van der Waals surface area contributed by atoms with E-state index in [9.17, 15) is 58.8 Å². The van der Waals surface area contributed by atoms with E-state index in [-0.39, 0.29) is 56.1 Å². The number of phenols is 2. The molecule has 0 spiro atoms. The van der Waals surface area contributed by atoms with Crippen LogP contribution in [0.25, 0.3) is 0 Å². The molecule has 60 heavy (non-hydrogen) atoms.